The van der Waals surface area contributed by atoms with E-state index >= 15 is 0 Å². The van der Waals surface area contributed by atoms with E-state index in [1.165, 1.54) is 143 Å². The third-order valence-corrected chi connectivity index (χ3v) is 18.8. The fraction of sp³-hybridized carbons (Fsp3) is 0.357. The van der Waals surface area contributed by atoms with Crippen LogP contribution in [0.1, 0.15) is 88.2 Å². The van der Waals surface area contributed by atoms with Gasteiger partial charge < -0.3 is 18.5 Å². The molecular weight excluding hydrogens is 743 g/mol. The fourth-order valence-electron chi connectivity index (χ4n) is 17.5. The van der Waals surface area contributed by atoms with E-state index in [0.29, 0.717) is 5.41 Å². The quantitative estimate of drug-likeness (QED) is 0.163. The van der Waals surface area contributed by atoms with Gasteiger partial charge in [0.05, 0.1) is 28.1 Å². The van der Waals surface area contributed by atoms with Crippen LogP contribution in [0.4, 0.5) is 11.4 Å². The number of ether oxygens (including phenoxy) is 1. The van der Waals surface area contributed by atoms with E-state index < -0.39 is 0 Å². The molecule has 2 aromatic heterocycles. The van der Waals surface area contributed by atoms with Gasteiger partial charge in [-0.05, 0) is 200 Å². The van der Waals surface area contributed by atoms with Gasteiger partial charge in [0.1, 0.15) is 11.3 Å². The minimum Gasteiger partial charge on any atom is -0.454 e. The van der Waals surface area contributed by atoms with Crippen molar-refractivity contribution in [2.45, 2.75) is 87.9 Å². The molecule has 8 fully saturated rings. The Hall–Kier alpha value is -5.42. The average Bonchev–Trinajstić information content (AvgIpc) is 3.80. The Balaban J connectivity index is 1.04. The van der Waals surface area contributed by atoms with E-state index in [-0.39, 0.29) is 12.3 Å². The highest BCUT2D eigenvalue weighted by Gasteiger charge is 2.55. The van der Waals surface area contributed by atoms with Crippen LogP contribution in [0.5, 0.6) is 11.5 Å². The third-order valence-electron chi connectivity index (χ3n) is 18.8. The Kier molecular flexibility index (Phi) is 5.62. The normalized spacial score (nSPS) is 31.3. The van der Waals surface area contributed by atoms with Crippen LogP contribution in [-0.2, 0) is 10.8 Å². The van der Waals surface area contributed by atoms with Gasteiger partial charge in [-0.1, -0.05) is 54.6 Å². The van der Waals surface area contributed by atoms with Gasteiger partial charge in [-0.2, -0.15) is 0 Å². The van der Waals surface area contributed by atoms with Crippen LogP contribution in [0.3, 0.4) is 0 Å². The standard InChI is InChI=1S/C56H47BN2O2/c1-3-9-47-38(6-1)43-23-41-39-7-5-11-49-52(39)59(46-8-2-4-10-48(46)60-49)57-44-22-37(56-27-33-17-34(28-56)19-35(18-33)29-56)21-42-40-20-36(55-24-30-14-31(25-55)16-32(15-30)26-55)12-13-45(40)58(51(42)44)53(50(41)57)54(43)61-47/h1-13,20-23,30-35H,14-19,24-29H2. The monoisotopic (exact) mass is 790 g/mol. The Labute approximate surface area is 356 Å². The highest BCUT2D eigenvalue weighted by atomic mass is 16.5. The number of rotatable bonds is 2. The van der Waals surface area contributed by atoms with Crippen LogP contribution >= 0.6 is 0 Å². The van der Waals surface area contributed by atoms with E-state index in [4.69, 9.17) is 9.15 Å². The van der Waals surface area contributed by atoms with Crippen molar-refractivity contribution in [3.8, 4) is 28.3 Å². The summed E-state index contributed by atoms with van der Waals surface area (Å²) in [6.07, 6.45) is 17.0. The first-order valence-corrected chi connectivity index (χ1v) is 23.9. The Morgan fingerprint density at radius 2 is 1.18 bits per heavy atom. The number of para-hydroxylation sites is 4. The topological polar surface area (TPSA) is 30.5 Å². The van der Waals surface area contributed by atoms with Gasteiger partial charge >= 0.3 is 6.85 Å². The molecule has 0 spiro atoms. The third kappa shape index (κ3) is 3.87. The van der Waals surface area contributed by atoms with Crippen LogP contribution in [0.2, 0.25) is 0 Å². The van der Waals surface area contributed by atoms with E-state index in [0.717, 1.165) is 63.9 Å². The molecule has 8 bridgehead atoms. The largest absolute Gasteiger partial charge is 0.454 e. The van der Waals surface area contributed by atoms with Crippen molar-refractivity contribution in [1.82, 2.24) is 4.57 Å². The number of furan rings is 1. The van der Waals surface area contributed by atoms with Crippen molar-refractivity contribution in [1.29, 1.82) is 0 Å². The Morgan fingerprint density at radius 3 is 1.93 bits per heavy atom. The second-order valence-electron chi connectivity index (χ2n) is 22.1. The molecule has 11 aliphatic rings. The second kappa shape index (κ2) is 10.6. The summed E-state index contributed by atoms with van der Waals surface area (Å²) in [6.45, 7) is -0.0443. The zero-order chi connectivity index (χ0) is 39.1. The second-order valence-corrected chi connectivity index (χ2v) is 22.1. The average molecular weight is 791 g/mol. The minimum atomic E-state index is -0.0443. The number of aromatic nitrogens is 1. The first kappa shape index (κ1) is 32.3. The molecule has 19 rings (SSSR count). The fourth-order valence-corrected chi connectivity index (χ4v) is 17.5. The number of hydrogen-bond acceptors (Lipinski definition) is 3. The molecule has 6 aromatic carbocycles. The highest BCUT2D eigenvalue weighted by Crippen LogP contribution is 2.63. The van der Waals surface area contributed by atoms with Crippen LogP contribution in [-0.4, -0.2) is 11.4 Å². The molecule has 3 aliphatic heterocycles. The van der Waals surface area contributed by atoms with Gasteiger partial charge in [0.15, 0.2) is 11.3 Å². The maximum absolute atomic E-state index is 7.16. The molecular formula is C56H47BN2O2. The lowest BCUT2D eigenvalue weighted by Gasteiger charge is -2.57. The molecule has 0 radical (unpaired) electrons. The smallest absolute Gasteiger partial charge is 0.333 e. The zero-order valence-corrected chi connectivity index (χ0v) is 34.6. The van der Waals surface area contributed by atoms with E-state index in [2.05, 4.69) is 113 Å². The van der Waals surface area contributed by atoms with Gasteiger partial charge in [0.25, 0.3) is 0 Å². The zero-order valence-electron chi connectivity index (χ0n) is 34.6. The molecule has 8 saturated carbocycles. The summed E-state index contributed by atoms with van der Waals surface area (Å²) >= 11 is 0. The summed E-state index contributed by atoms with van der Waals surface area (Å²) in [4.78, 5) is 2.68. The van der Waals surface area contributed by atoms with Crippen molar-refractivity contribution in [2.24, 2.45) is 35.5 Å². The number of anilines is 2. The van der Waals surface area contributed by atoms with Crippen molar-refractivity contribution >= 4 is 72.9 Å². The van der Waals surface area contributed by atoms with Gasteiger partial charge in [-0.25, -0.2) is 0 Å². The van der Waals surface area contributed by atoms with Crippen LogP contribution in [0.25, 0.3) is 60.6 Å². The summed E-state index contributed by atoms with van der Waals surface area (Å²) in [5.74, 6) is 7.26. The van der Waals surface area contributed by atoms with Gasteiger partial charge in [-0.3, -0.25) is 0 Å². The van der Waals surface area contributed by atoms with Crippen molar-refractivity contribution in [3.05, 3.63) is 114 Å². The summed E-state index contributed by atoms with van der Waals surface area (Å²) in [7, 11) is 0. The maximum atomic E-state index is 7.16. The molecule has 4 nitrogen and oxygen atoms in total. The maximum Gasteiger partial charge on any atom is 0.333 e. The lowest BCUT2D eigenvalue weighted by molar-refractivity contribution is -0.00526. The van der Waals surface area contributed by atoms with Crippen LogP contribution in [0, 0.1) is 35.5 Å². The highest BCUT2D eigenvalue weighted by molar-refractivity contribution is 6.94. The Morgan fingerprint density at radius 1 is 0.525 bits per heavy atom. The SMILES string of the molecule is c1ccc2c(c1)Oc1cccc3c1N2B1c2c-3cc3c(oc4ccccc43)c2-n2c3ccc(C45CC6CC(CC(C6)C4)C5)cc3c3cc(C45CC6CC(CC(C6)C4)C5)cc1c32. The molecule has 8 aliphatic carbocycles. The predicted molar refractivity (Wildman–Crippen MR) is 247 cm³/mol. The Bertz CT molecular complexity index is 3280. The summed E-state index contributed by atoms with van der Waals surface area (Å²) < 4.78 is 16.7. The molecule has 8 aromatic rings. The first-order valence-electron chi connectivity index (χ1n) is 23.9. The molecule has 0 atom stereocenters. The van der Waals surface area contributed by atoms with E-state index in [9.17, 15) is 0 Å². The van der Waals surface area contributed by atoms with Crippen LogP contribution < -0.4 is 20.5 Å². The number of hydrogen-bond donors (Lipinski definition) is 0. The van der Waals surface area contributed by atoms with Crippen molar-refractivity contribution in [3.63, 3.8) is 0 Å². The van der Waals surface area contributed by atoms with E-state index in [1.807, 2.05) is 0 Å². The van der Waals surface area contributed by atoms with Crippen molar-refractivity contribution < 1.29 is 9.15 Å². The summed E-state index contributed by atoms with van der Waals surface area (Å²) in [5, 5.41) is 5.30. The summed E-state index contributed by atoms with van der Waals surface area (Å²) in [5.41, 5.74) is 17.5. The summed E-state index contributed by atoms with van der Waals surface area (Å²) in [6, 6.07) is 40.1. The molecule has 5 heterocycles. The number of nitrogens with zero attached hydrogens (tertiary/aromatic N) is 2. The van der Waals surface area contributed by atoms with E-state index in [1.54, 1.807) is 11.1 Å². The molecule has 5 heteroatoms. The molecule has 0 saturated heterocycles. The first-order chi connectivity index (χ1) is 30.0. The molecule has 0 N–H and O–H groups in total. The van der Waals surface area contributed by atoms with Gasteiger partial charge in [0, 0.05) is 27.1 Å². The number of benzene rings is 6. The lowest BCUT2D eigenvalue weighted by Crippen LogP contribution is -2.61. The molecule has 0 unspecified atom stereocenters. The lowest BCUT2D eigenvalue weighted by atomic mass is 9.42. The van der Waals surface area contributed by atoms with Crippen LogP contribution in [0.15, 0.2) is 108 Å². The van der Waals surface area contributed by atoms with Gasteiger partial charge in [-0.15, -0.1) is 0 Å². The predicted octanol–water partition coefficient (Wildman–Crippen LogP) is 13.0. The minimum absolute atomic E-state index is 0.0443. The van der Waals surface area contributed by atoms with Gasteiger partial charge in [0.2, 0.25) is 0 Å². The molecule has 61 heavy (non-hydrogen) atoms. The molecule has 0 amide bonds. The number of fused-ring (bicyclic) bond motifs is 13. The van der Waals surface area contributed by atoms with Crippen molar-refractivity contribution in [2.75, 3.05) is 4.81 Å². The molecule has 296 valence electrons.